The molecule has 1 saturated carbocycles. The monoisotopic (exact) mass is 291 g/mol. The maximum Gasteiger partial charge on any atom is 0.412 e. The molecule has 4 nitrogen and oxygen atoms in total. The second kappa shape index (κ2) is 5.96. The zero-order valence-electron chi connectivity index (χ0n) is 13.3. The Bertz CT molecular complexity index is 513. The first kappa shape index (κ1) is 15.7. The largest absolute Gasteiger partial charge is 0.495 e. The Hall–Kier alpha value is -1.71. The van der Waals surface area contributed by atoms with Crippen LogP contribution < -0.4 is 9.64 Å². The van der Waals surface area contributed by atoms with E-state index in [0.29, 0.717) is 17.4 Å². The van der Waals surface area contributed by atoms with Gasteiger partial charge in [0.05, 0.1) is 12.8 Å². The molecule has 2 atom stereocenters. The van der Waals surface area contributed by atoms with Crippen LogP contribution in [-0.2, 0) is 0 Å². The number of methoxy groups -OCH3 is 1. The highest BCUT2D eigenvalue weighted by Crippen LogP contribution is 2.42. The van der Waals surface area contributed by atoms with Crippen molar-refractivity contribution in [2.75, 3.05) is 12.0 Å². The average molecular weight is 291 g/mol. The molecule has 0 saturated heterocycles. The second-order valence-electron chi connectivity index (χ2n) is 6.89. The molecule has 2 rings (SSSR count). The molecule has 1 aliphatic carbocycles. The quantitative estimate of drug-likeness (QED) is 0.898. The van der Waals surface area contributed by atoms with Crippen LogP contribution in [0, 0.1) is 11.3 Å². The van der Waals surface area contributed by atoms with Crippen LogP contribution in [0.15, 0.2) is 24.3 Å². The molecule has 2 unspecified atom stereocenters. The standard InChI is InChI=1S/C17H25NO3/c1-12-9-13(11-17(2,3)10-12)18(16(19)20)14-7-5-6-8-15(14)21-4/h5-8,12-13H,9-11H2,1-4H3,(H,19,20). The van der Waals surface area contributed by atoms with Crippen molar-refractivity contribution in [1.82, 2.24) is 0 Å². The summed E-state index contributed by atoms with van der Waals surface area (Å²) in [6, 6.07) is 7.33. The minimum Gasteiger partial charge on any atom is -0.495 e. The molecule has 1 aliphatic rings. The fourth-order valence-electron chi connectivity index (χ4n) is 3.78. The molecule has 0 bridgehead atoms. The Kier molecular flexibility index (Phi) is 4.45. The van der Waals surface area contributed by atoms with Gasteiger partial charge in [0.15, 0.2) is 0 Å². The van der Waals surface area contributed by atoms with Crippen molar-refractivity contribution in [2.24, 2.45) is 11.3 Å². The number of anilines is 1. The molecule has 0 aromatic heterocycles. The van der Waals surface area contributed by atoms with Gasteiger partial charge in [0.1, 0.15) is 5.75 Å². The van der Waals surface area contributed by atoms with Crippen LogP contribution in [0.2, 0.25) is 0 Å². The Balaban J connectivity index is 2.37. The predicted octanol–water partition coefficient (Wildman–Crippen LogP) is 4.39. The van der Waals surface area contributed by atoms with E-state index in [0.717, 1.165) is 19.3 Å². The van der Waals surface area contributed by atoms with Gasteiger partial charge in [0.2, 0.25) is 0 Å². The molecule has 1 amide bonds. The maximum atomic E-state index is 11.9. The molecule has 21 heavy (non-hydrogen) atoms. The van der Waals surface area contributed by atoms with Gasteiger partial charge >= 0.3 is 6.09 Å². The third kappa shape index (κ3) is 3.49. The highest BCUT2D eigenvalue weighted by molar-refractivity contribution is 5.89. The fourth-order valence-corrected chi connectivity index (χ4v) is 3.78. The normalized spacial score (nSPS) is 24.4. The van der Waals surface area contributed by atoms with Gasteiger partial charge in [-0.2, -0.15) is 0 Å². The van der Waals surface area contributed by atoms with Crippen LogP contribution in [0.4, 0.5) is 10.5 Å². The van der Waals surface area contributed by atoms with Crippen molar-refractivity contribution in [2.45, 2.75) is 46.1 Å². The maximum absolute atomic E-state index is 11.9. The van der Waals surface area contributed by atoms with Crippen LogP contribution in [0.5, 0.6) is 5.75 Å². The van der Waals surface area contributed by atoms with Crippen molar-refractivity contribution < 1.29 is 14.6 Å². The Morgan fingerprint density at radius 2 is 2.00 bits per heavy atom. The van der Waals surface area contributed by atoms with E-state index in [2.05, 4.69) is 20.8 Å². The molecule has 0 spiro atoms. The highest BCUT2D eigenvalue weighted by Gasteiger charge is 2.38. The van der Waals surface area contributed by atoms with E-state index in [-0.39, 0.29) is 11.5 Å². The van der Waals surface area contributed by atoms with Crippen molar-refractivity contribution in [1.29, 1.82) is 0 Å². The lowest BCUT2D eigenvalue weighted by atomic mass is 9.70. The minimum atomic E-state index is -0.908. The summed E-state index contributed by atoms with van der Waals surface area (Å²) >= 11 is 0. The van der Waals surface area contributed by atoms with Crippen molar-refractivity contribution in [3.05, 3.63) is 24.3 Å². The fraction of sp³-hybridized carbons (Fsp3) is 0.588. The number of hydrogen-bond donors (Lipinski definition) is 1. The smallest absolute Gasteiger partial charge is 0.412 e. The molecular weight excluding hydrogens is 266 g/mol. The van der Waals surface area contributed by atoms with Crippen LogP contribution >= 0.6 is 0 Å². The first-order valence-electron chi connectivity index (χ1n) is 7.49. The van der Waals surface area contributed by atoms with Crippen molar-refractivity contribution in [3.63, 3.8) is 0 Å². The summed E-state index contributed by atoms with van der Waals surface area (Å²) in [5.74, 6) is 1.13. The van der Waals surface area contributed by atoms with E-state index >= 15 is 0 Å². The summed E-state index contributed by atoms with van der Waals surface area (Å²) < 4.78 is 5.34. The highest BCUT2D eigenvalue weighted by atomic mass is 16.5. The number of nitrogens with zero attached hydrogens (tertiary/aromatic N) is 1. The average Bonchev–Trinajstić information content (AvgIpc) is 2.36. The third-order valence-electron chi connectivity index (χ3n) is 4.28. The van der Waals surface area contributed by atoms with E-state index in [1.165, 1.54) is 4.90 Å². The lowest BCUT2D eigenvalue weighted by molar-refractivity contribution is 0.154. The van der Waals surface area contributed by atoms with Crippen LogP contribution in [0.1, 0.15) is 40.0 Å². The molecule has 0 aliphatic heterocycles. The number of para-hydroxylation sites is 2. The van der Waals surface area contributed by atoms with Gasteiger partial charge in [-0.3, -0.25) is 4.90 Å². The number of rotatable bonds is 3. The lowest BCUT2D eigenvalue weighted by Crippen LogP contribution is -2.46. The van der Waals surface area contributed by atoms with Gasteiger partial charge < -0.3 is 9.84 Å². The van der Waals surface area contributed by atoms with Gasteiger partial charge in [0, 0.05) is 6.04 Å². The lowest BCUT2D eigenvalue weighted by Gasteiger charge is -2.43. The number of carbonyl (C=O) groups is 1. The van der Waals surface area contributed by atoms with Gasteiger partial charge in [-0.05, 0) is 42.7 Å². The zero-order chi connectivity index (χ0) is 15.6. The van der Waals surface area contributed by atoms with Crippen LogP contribution in [-0.4, -0.2) is 24.4 Å². The molecular formula is C17H25NO3. The summed E-state index contributed by atoms with van der Waals surface area (Å²) in [6.07, 6.45) is 2.01. The Morgan fingerprint density at radius 3 is 2.57 bits per heavy atom. The number of hydrogen-bond acceptors (Lipinski definition) is 2. The number of benzene rings is 1. The van der Waals surface area contributed by atoms with Crippen LogP contribution in [0.3, 0.4) is 0 Å². The van der Waals surface area contributed by atoms with E-state index < -0.39 is 6.09 Å². The summed E-state index contributed by atoms with van der Waals surface area (Å²) in [6.45, 7) is 6.64. The molecule has 0 radical (unpaired) electrons. The van der Waals surface area contributed by atoms with Gasteiger partial charge in [-0.15, -0.1) is 0 Å². The Morgan fingerprint density at radius 1 is 1.33 bits per heavy atom. The molecule has 1 aromatic carbocycles. The first-order valence-corrected chi connectivity index (χ1v) is 7.49. The van der Waals surface area contributed by atoms with E-state index in [1.807, 2.05) is 24.3 Å². The molecule has 1 N–H and O–H groups in total. The zero-order valence-corrected chi connectivity index (χ0v) is 13.3. The summed E-state index contributed by atoms with van der Waals surface area (Å²) in [5.41, 5.74) is 0.806. The van der Waals surface area contributed by atoms with E-state index in [1.54, 1.807) is 7.11 Å². The Labute approximate surface area is 126 Å². The number of ether oxygens (including phenoxy) is 1. The van der Waals surface area contributed by atoms with Gasteiger partial charge in [0.25, 0.3) is 0 Å². The SMILES string of the molecule is COc1ccccc1N(C(=O)O)C1CC(C)CC(C)(C)C1. The molecule has 116 valence electrons. The second-order valence-corrected chi connectivity index (χ2v) is 6.89. The van der Waals surface area contributed by atoms with Gasteiger partial charge in [-0.25, -0.2) is 4.79 Å². The predicted molar refractivity (Wildman–Crippen MR) is 84.1 cm³/mol. The molecule has 1 fully saturated rings. The van der Waals surface area contributed by atoms with Crippen LogP contribution in [0.25, 0.3) is 0 Å². The summed E-state index contributed by atoms with van der Waals surface area (Å²) in [4.78, 5) is 13.4. The number of amides is 1. The van der Waals surface area contributed by atoms with Crippen molar-refractivity contribution in [3.8, 4) is 5.75 Å². The van der Waals surface area contributed by atoms with E-state index in [9.17, 15) is 9.90 Å². The molecule has 0 heterocycles. The molecule has 4 heteroatoms. The number of carboxylic acid groups (broad SMARTS) is 1. The summed E-state index contributed by atoms with van der Waals surface area (Å²) in [7, 11) is 1.58. The molecule has 1 aromatic rings. The minimum absolute atomic E-state index is 0.00227. The summed E-state index contributed by atoms with van der Waals surface area (Å²) in [5, 5.41) is 9.73. The third-order valence-corrected chi connectivity index (χ3v) is 4.28. The van der Waals surface area contributed by atoms with E-state index in [4.69, 9.17) is 4.74 Å². The van der Waals surface area contributed by atoms with Crippen molar-refractivity contribution >= 4 is 11.8 Å². The van der Waals surface area contributed by atoms with Gasteiger partial charge in [-0.1, -0.05) is 32.9 Å². The topological polar surface area (TPSA) is 49.8 Å². The first-order chi connectivity index (χ1) is 9.84.